The van der Waals surface area contributed by atoms with Crippen molar-refractivity contribution in [1.82, 2.24) is 4.90 Å². The third kappa shape index (κ3) is 3.70. The first-order valence-corrected chi connectivity index (χ1v) is 9.65. The van der Waals surface area contributed by atoms with Crippen molar-refractivity contribution in [3.63, 3.8) is 0 Å². The van der Waals surface area contributed by atoms with Crippen LogP contribution in [0, 0.1) is 5.92 Å². The number of piperidine rings is 1. The molecule has 128 valence electrons. The Balaban J connectivity index is 1.73. The summed E-state index contributed by atoms with van der Waals surface area (Å²) >= 11 is 0. The number of likely N-dealkylation sites (tertiary alicyclic amines) is 1. The van der Waals surface area contributed by atoms with Crippen LogP contribution in [0.5, 0.6) is 0 Å². The summed E-state index contributed by atoms with van der Waals surface area (Å²) in [5, 5.41) is 2.93. The van der Waals surface area contributed by atoms with E-state index in [0.717, 1.165) is 23.5 Å². The van der Waals surface area contributed by atoms with E-state index < -0.39 is 10.8 Å². The highest BCUT2D eigenvalue weighted by atomic mass is 32.2. The third-order valence-electron chi connectivity index (χ3n) is 4.43. The molecule has 1 aliphatic rings. The Morgan fingerprint density at radius 3 is 2.67 bits per heavy atom. The van der Waals surface area contributed by atoms with Crippen LogP contribution in [0.1, 0.15) is 31.6 Å². The summed E-state index contributed by atoms with van der Waals surface area (Å²) in [6, 6.07) is 10.7. The number of hydrogen-bond donors (Lipinski definition) is 1. The predicted octanol–water partition coefficient (Wildman–Crippen LogP) is 4.02. The molecule has 2 amide bonds. The quantitative estimate of drug-likeness (QED) is 0.913. The Kier molecular flexibility index (Phi) is 5.04. The number of benzene rings is 1. The van der Waals surface area contributed by atoms with Gasteiger partial charge in [-0.3, -0.25) is 4.21 Å². The van der Waals surface area contributed by atoms with E-state index >= 15 is 0 Å². The summed E-state index contributed by atoms with van der Waals surface area (Å²) in [5.74, 6) is 1.39. The fourth-order valence-corrected chi connectivity index (χ4v) is 3.58. The number of carbonyl (C=O) groups excluding carboxylic acids is 1. The normalized spacial score (nSPS) is 22.2. The van der Waals surface area contributed by atoms with Crippen molar-refractivity contribution in [3.05, 3.63) is 48.4 Å². The van der Waals surface area contributed by atoms with Crippen LogP contribution < -0.4 is 5.32 Å². The first kappa shape index (κ1) is 16.8. The molecule has 3 rings (SSSR count). The molecule has 0 unspecified atom stereocenters. The highest BCUT2D eigenvalue weighted by Crippen LogP contribution is 2.34. The van der Waals surface area contributed by atoms with Gasteiger partial charge < -0.3 is 14.6 Å². The highest BCUT2D eigenvalue weighted by molar-refractivity contribution is 7.84. The average molecular weight is 346 g/mol. The van der Waals surface area contributed by atoms with E-state index in [1.807, 2.05) is 17.0 Å². The first-order chi connectivity index (χ1) is 11.5. The van der Waals surface area contributed by atoms with Crippen molar-refractivity contribution in [1.29, 1.82) is 0 Å². The Labute approximate surface area is 144 Å². The monoisotopic (exact) mass is 346 g/mol. The molecule has 0 radical (unpaired) electrons. The van der Waals surface area contributed by atoms with Crippen molar-refractivity contribution < 1.29 is 13.4 Å². The van der Waals surface area contributed by atoms with Crippen LogP contribution in [0.3, 0.4) is 0 Å². The van der Waals surface area contributed by atoms with Gasteiger partial charge in [-0.1, -0.05) is 6.92 Å². The molecule has 6 heteroatoms. The summed E-state index contributed by atoms with van der Waals surface area (Å²) in [5.41, 5.74) is 0.700. The number of rotatable bonds is 3. The molecule has 0 bridgehead atoms. The van der Waals surface area contributed by atoms with Crippen LogP contribution in [0.15, 0.2) is 52.0 Å². The van der Waals surface area contributed by atoms with Gasteiger partial charge in [0.25, 0.3) is 0 Å². The number of urea groups is 1. The van der Waals surface area contributed by atoms with Gasteiger partial charge in [0.2, 0.25) is 0 Å². The van der Waals surface area contributed by atoms with Gasteiger partial charge in [0.15, 0.2) is 0 Å². The zero-order valence-electron chi connectivity index (χ0n) is 13.9. The van der Waals surface area contributed by atoms with Crippen LogP contribution in [0.4, 0.5) is 10.5 Å². The smallest absolute Gasteiger partial charge is 0.322 e. The highest BCUT2D eigenvalue weighted by Gasteiger charge is 2.32. The molecular formula is C18H22N2O3S. The number of hydrogen-bond acceptors (Lipinski definition) is 3. The van der Waals surface area contributed by atoms with Gasteiger partial charge in [0.05, 0.1) is 12.3 Å². The fourth-order valence-electron chi connectivity index (χ4n) is 3.06. The summed E-state index contributed by atoms with van der Waals surface area (Å²) in [6.07, 6.45) is 5.16. The van der Waals surface area contributed by atoms with E-state index in [2.05, 4.69) is 12.2 Å². The minimum atomic E-state index is -1.02. The topological polar surface area (TPSA) is 62.6 Å². The Bertz CT molecular complexity index is 712. The zero-order chi connectivity index (χ0) is 17.1. The molecule has 24 heavy (non-hydrogen) atoms. The SMILES string of the molecule is C[C@@H]1CCN(C(=O)Nc2ccc([S@](C)=O)cc2)[C@@H](c2ccco2)C1. The van der Waals surface area contributed by atoms with E-state index in [-0.39, 0.29) is 12.1 Å². The summed E-state index contributed by atoms with van der Waals surface area (Å²) in [7, 11) is -1.02. The predicted molar refractivity (Wildman–Crippen MR) is 94.3 cm³/mol. The first-order valence-electron chi connectivity index (χ1n) is 8.09. The Morgan fingerprint density at radius 1 is 1.29 bits per heavy atom. The number of anilines is 1. The van der Waals surface area contributed by atoms with Gasteiger partial charge in [-0.05, 0) is 55.2 Å². The third-order valence-corrected chi connectivity index (χ3v) is 5.37. The van der Waals surface area contributed by atoms with Crippen LogP contribution in [-0.4, -0.2) is 27.9 Å². The van der Waals surface area contributed by atoms with E-state index in [1.165, 1.54) is 0 Å². The molecule has 1 aliphatic heterocycles. The number of nitrogens with one attached hydrogen (secondary N) is 1. The van der Waals surface area contributed by atoms with Crippen LogP contribution in [0.25, 0.3) is 0 Å². The lowest BCUT2D eigenvalue weighted by Gasteiger charge is -2.37. The van der Waals surface area contributed by atoms with E-state index in [1.54, 1.807) is 36.8 Å². The molecular weight excluding hydrogens is 324 g/mol. The standard InChI is InChI=1S/C18H22N2O3S/c1-13-9-10-20(16(12-13)17-4-3-11-23-17)18(21)19-14-5-7-15(8-6-14)24(2)22/h3-8,11,13,16H,9-10,12H2,1-2H3,(H,19,21)/t13-,16-,24+/m1/s1. The molecule has 3 atom stereocenters. The van der Waals surface area contributed by atoms with Crippen molar-refractivity contribution in [2.24, 2.45) is 5.92 Å². The number of amides is 2. The van der Waals surface area contributed by atoms with Gasteiger partial charge in [0.1, 0.15) is 5.76 Å². The second kappa shape index (κ2) is 7.21. The van der Waals surface area contributed by atoms with E-state index in [4.69, 9.17) is 4.42 Å². The fraction of sp³-hybridized carbons (Fsp3) is 0.389. The molecule has 1 aromatic heterocycles. The molecule has 1 saturated heterocycles. The molecule has 0 spiro atoms. The lowest BCUT2D eigenvalue weighted by Crippen LogP contribution is -2.42. The van der Waals surface area contributed by atoms with Crippen molar-refractivity contribution >= 4 is 22.5 Å². The van der Waals surface area contributed by atoms with Gasteiger partial charge in [-0.15, -0.1) is 0 Å². The second-order valence-corrected chi connectivity index (χ2v) is 7.64. The number of nitrogens with zero attached hydrogens (tertiary/aromatic N) is 1. The lowest BCUT2D eigenvalue weighted by atomic mass is 9.91. The summed E-state index contributed by atoms with van der Waals surface area (Å²) in [6.45, 7) is 2.91. The van der Waals surface area contributed by atoms with Gasteiger partial charge in [-0.2, -0.15) is 0 Å². The van der Waals surface area contributed by atoms with Gasteiger partial charge >= 0.3 is 6.03 Å². The molecule has 2 heterocycles. The van der Waals surface area contributed by atoms with Crippen molar-refractivity contribution in [3.8, 4) is 0 Å². The molecule has 0 aliphatic carbocycles. The van der Waals surface area contributed by atoms with Crippen LogP contribution in [0.2, 0.25) is 0 Å². The van der Waals surface area contributed by atoms with Gasteiger partial charge in [-0.25, -0.2) is 4.79 Å². The minimum Gasteiger partial charge on any atom is -0.467 e. The molecule has 5 nitrogen and oxygen atoms in total. The number of furan rings is 1. The number of carbonyl (C=O) groups is 1. The maximum atomic E-state index is 12.7. The molecule has 1 N–H and O–H groups in total. The lowest BCUT2D eigenvalue weighted by molar-refractivity contribution is 0.129. The molecule has 1 fully saturated rings. The average Bonchev–Trinajstić information content (AvgIpc) is 3.09. The molecule has 2 aromatic rings. The summed E-state index contributed by atoms with van der Waals surface area (Å²) < 4.78 is 17.0. The maximum Gasteiger partial charge on any atom is 0.322 e. The van der Waals surface area contributed by atoms with Crippen molar-refractivity contribution in [2.45, 2.75) is 30.7 Å². The van der Waals surface area contributed by atoms with E-state index in [9.17, 15) is 9.00 Å². The minimum absolute atomic E-state index is 0.0360. The summed E-state index contributed by atoms with van der Waals surface area (Å²) in [4.78, 5) is 15.3. The Morgan fingerprint density at radius 2 is 2.04 bits per heavy atom. The van der Waals surface area contributed by atoms with Crippen LogP contribution >= 0.6 is 0 Å². The largest absolute Gasteiger partial charge is 0.467 e. The van der Waals surface area contributed by atoms with Gasteiger partial charge in [0, 0.05) is 34.2 Å². The molecule has 1 aromatic carbocycles. The van der Waals surface area contributed by atoms with E-state index in [0.29, 0.717) is 18.2 Å². The van der Waals surface area contributed by atoms with Crippen LogP contribution in [-0.2, 0) is 10.8 Å². The maximum absolute atomic E-state index is 12.7. The Hall–Kier alpha value is -2.08. The zero-order valence-corrected chi connectivity index (χ0v) is 14.7. The molecule has 0 saturated carbocycles. The second-order valence-electron chi connectivity index (χ2n) is 6.26. The van der Waals surface area contributed by atoms with Crippen molar-refractivity contribution in [2.75, 3.05) is 18.1 Å².